The summed E-state index contributed by atoms with van der Waals surface area (Å²) in [6.45, 7) is 1.93. The van der Waals surface area contributed by atoms with E-state index in [1.807, 2.05) is 55.5 Å². The number of hydrogen-bond donors (Lipinski definition) is 0. The van der Waals surface area contributed by atoms with Crippen molar-refractivity contribution >= 4 is 43.2 Å². The van der Waals surface area contributed by atoms with Crippen LogP contribution in [0.15, 0.2) is 53.0 Å². The minimum absolute atomic E-state index is 0.00184. The van der Waals surface area contributed by atoms with Gasteiger partial charge in [-0.25, -0.2) is 13.2 Å². The first-order valence-corrected chi connectivity index (χ1v) is 10.6. The van der Waals surface area contributed by atoms with Crippen molar-refractivity contribution in [3.63, 3.8) is 0 Å². The molecular weight excluding hydrogens is 404 g/mol. The number of anilines is 2. The summed E-state index contributed by atoms with van der Waals surface area (Å²) in [7, 11) is -3.18. The lowest BCUT2D eigenvalue weighted by Gasteiger charge is -2.24. The highest BCUT2D eigenvalue weighted by molar-refractivity contribution is 9.10. The maximum absolute atomic E-state index is 13.2. The van der Waals surface area contributed by atoms with Crippen LogP contribution >= 0.6 is 15.9 Å². The second-order valence-corrected chi connectivity index (χ2v) is 9.57. The molecule has 2 amide bonds. The number of nitrogens with zero attached hydrogens (tertiary/aromatic N) is 2. The summed E-state index contributed by atoms with van der Waals surface area (Å²) in [5, 5.41) is 0. The number of fused-ring (bicyclic) bond motifs is 1. The van der Waals surface area contributed by atoms with Crippen LogP contribution in [0, 0.1) is 6.92 Å². The number of amides is 2. The molecule has 0 spiro atoms. The molecule has 2 atom stereocenters. The predicted molar refractivity (Wildman–Crippen MR) is 102 cm³/mol. The van der Waals surface area contributed by atoms with Gasteiger partial charge >= 0.3 is 6.03 Å². The van der Waals surface area contributed by atoms with Gasteiger partial charge in [-0.3, -0.25) is 9.80 Å². The fraction of sp³-hybridized carbons (Fsp3) is 0.278. The summed E-state index contributed by atoms with van der Waals surface area (Å²) < 4.78 is 25.5. The zero-order valence-electron chi connectivity index (χ0n) is 13.6. The molecule has 5 nitrogen and oxygen atoms in total. The summed E-state index contributed by atoms with van der Waals surface area (Å²) in [6, 6.07) is 14.1. The highest BCUT2D eigenvalue weighted by Gasteiger charge is 2.54. The smallest absolute Gasteiger partial charge is 0.288 e. The number of rotatable bonds is 2. The van der Waals surface area contributed by atoms with Crippen LogP contribution < -0.4 is 9.80 Å². The van der Waals surface area contributed by atoms with Gasteiger partial charge in [0, 0.05) is 15.8 Å². The Morgan fingerprint density at radius 2 is 1.56 bits per heavy atom. The third-order valence-electron chi connectivity index (χ3n) is 4.85. The van der Waals surface area contributed by atoms with Gasteiger partial charge in [-0.05, 0) is 42.8 Å². The van der Waals surface area contributed by atoms with E-state index in [0.29, 0.717) is 0 Å². The molecule has 4 rings (SSSR count). The van der Waals surface area contributed by atoms with Gasteiger partial charge in [-0.1, -0.05) is 34.1 Å². The van der Waals surface area contributed by atoms with Crippen LogP contribution in [-0.2, 0) is 9.84 Å². The van der Waals surface area contributed by atoms with Crippen molar-refractivity contribution in [1.82, 2.24) is 0 Å². The van der Waals surface area contributed by atoms with Gasteiger partial charge < -0.3 is 0 Å². The normalized spacial score (nSPS) is 24.6. The molecule has 2 heterocycles. The number of halogens is 1. The molecule has 2 aliphatic rings. The lowest BCUT2D eigenvalue weighted by atomic mass is 10.1. The molecule has 130 valence electrons. The molecule has 7 heteroatoms. The quantitative estimate of drug-likeness (QED) is 0.699. The number of aryl methyl sites for hydroxylation is 1. The second-order valence-electron chi connectivity index (χ2n) is 6.50. The molecule has 0 aliphatic carbocycles. The van der Waals surface area contributed by atoms with Crippen LogP contribution in [0.25, 0.3) is 0 Å². The fourth-order valence-corrected chi connectivity index (χ4v) is 5.91. The van der Waals surface area contributed by atoms with Crippen molar-refractivity contribution in [1.29, 1.82) is 0 Å². The summed E-state index contributed by atoms with van der Waals surface area (Å²) >= 11 is 3.39. The SMILES string of the molecule is Cc1ccccc1N1C(=O)N(c2ccc(Br)cc2)[C@@H]2CS(=O)(=O)C[C@H]21. The lowest BCUT2D eigenvalue weighted by Crippen LogP contribution is -2.38. The average Bonchev–Trinajstić information content (AvgIpc) is 2.99. The molecule has 2 fully saturated rings. The van der Waals surface area contributed by atoms with Gasteiger partial charge in [0.25, 0.3) is 0 Å². The first-order valence-electron chi connectivity index (χ1n) is 8.01. The van der Waals surface area contributed by atoms with Crippen molar-refractivity contribution in [3.05, 3.63) is 58.6 Å². The Hall–Kier alpha value is -1.86. The second kappa shape index (κ2) is 5.85. The Bertz CT molecular complexity index is 943. The number of carbonyl (C=O) groups excluding carboxylic acids is 1. The van der Waals surface area contributed by atoms with E-state index in [1.165, 1.54) is 0 Å². The first-order chi connectivity index (χ1) is 11.9. The number of hydrogen-bond acceptors (Lipinski definition) is 3. The van der Waals surface area contributed by atoms with Crippen LogP contribution in [0.1, 0.15) is 5.56 Å². The maximum atomic E-state index is 13.2. The monoisotopic (exact) mass is 420 g/mol. The fourth-order valence-electron chi connectivity index (χ4n) is 3.72. The number of carbonyl (C=O) groups is 1. The third-order valence-corrected chi connectivity index (χ3v) is 7.08. The van der Waals surface area contributed by atoms with E-state index in [9.17, 15) is 13.2 Å². The number of urea groups is 1. The standard InChI is InChI=1S/C18H17BrN2O3S/c1-12-4-2-3-5-15(12)21-17-11-25(23,24)10-16(17)20(18(21)22)14-8-6-13(19)7-9-14/h2-9,16-17H,10-11H2,1H3/t16-,17-/m1/s1. The van der Waals surface area contributed by atoms with Crippen LogP contribution in [0.5, 0.6) is 0 Å². The van der Waals surface area contributed by atoms with Gasteiger partial charge in [-0.2, -0.15) is 0 Å². The Morgan fingerprint density at radius 1 is 0.960 bits per heavy atom. The number of benzene rings is 2. The zero-order chi connectivity index (χ0) is 17.8. The zero-order valence-corrected chi connectivity index (χ0v) is 16.0. The molecule has 0 radical (unpaired) electrons. The molecule has 25 heavy (non-hydrogen) atoms. The Morgan fingerprint density at radius 3 is 2.20 bits per heavy atom. The molecule has 2 saturated heterocycles. The Kier molecular flexibility index (Phi) is 3.88. The van der Waals surface area contributed by atoms with E-state index in [-0.39, 0.29) is 29.6 Å². The average molecular weight is 421 g/mol. The molecule has 0 bridgehead atoms. The van der Waals surface area contributed by atoms with E-state index in [0.717, 1.165) is 21.4 Å². The van der Waals surface area contributed by atoms with Crippen molar-refractivity contribution in [3.8, 4) is 0 Å². The maximum Gasteiger partial charge on any atom is 0.329 e. The molecule has 0 saturated carbocycles. The minimum atomic E-state index is -3.18. The largest absolute Gasteiger partial charge is 0.329 e. The molecule has 2 aliphatic heterocycles. The summed E-state index contributed by atoms with van der Waals surface area (Å²) in [5.74, 6) is 0.00657. The van der Waals surface area contributed by atoms with Crippen LogP contribution in [-0.4, -0.2) is 38.0 Å². The molecule has 2 aromatic rings. The molecule has 0 aromatic heterocycles. The van der Waals surface area contributed by atoms with Gasteiger partial charge in [-0.15, -0.1) is 0 Å². The Balaban J connectivity index is 1.83. The highest BCUT2D eigenvalue weighted by atomic mass is 79.9. The van der Waals surface area contributed by atoms with Crippen molar-refractivity contribution in [2.75, 3.05) is 21.3 Å². The van der Waals surface area contributed by atoms with E-state index < -0.39 is 9.84 Å². The first kappa shape index (κ1) is 16.6. The van der Waals surface area contributed by atoms with Gasteiger partial charge in [0.05, 0.1) is 23.6 Å². The van der Waals surface area contributed by atoms with E-state index in [2.05, 4.69) is 15.9 Å². The summed E-state index contributed by atoms with van der Waals surface area (Å²) in [5.41, 5.74) is 2.45. The number of para-hydroxylation sites is 1. The molecule has 0 N–H and O–H groups in total. The highest BCUT2D eigenvalue weighted by Crippen LogP contribution is 2.39. The van der Waals surface area contributed by atoms with Crippen LogP contribution in [0.4, 0.5) is 16.2 Å². The molecule has 0 unspecified atom stereocenters. The minimum Gasteiger partial charge on any atom is -0.288 e. The lowest BCUT2D eigenvalue weighted by molar-refractivity contribution is 0.255. The van der Waals surface area contributed by atoms with Crippen molar-refractivity contribution in [2.45, 2.75) is 19.0 Å². The van der Waals surface area contributed by atoms with E-state index in [4.69, 9.17) is 0 Å². The topological polar surface area (TPSA) is 57.7 Å². The van der Waals surface area contributed by atoms with Crippen molar-refractivity contribution in [2.24, 2.45) is 0 Å². The van der Waals surface area contributed by atoms with Crippen molar-refractivity contribution < 1.29 is 13.2 Å². The Labute approximate surface area is 155 Å². The van der Waals surface area contributed by atoms with Crippen LogP contribution in [0.3, 0.4) is 0 Å². The number of sulfone groups is 1. The van der Waals surface area contributed by atoms with Gasteiger partial charge in [0.2, 0.25) is 0 Å². The summed E-state index contributed by atoms with van der Waals surface area (Å²) in [6.07, 6.45) is 0. The van der Waals surface area contributed by atoms with Crippen LogP contribution in [0.2, 0.25) is 0 Å². The van der Waals surface area contributed by atoms with Gasteiger partial charge in [0.15, 0.2) is 9.84 Å². The predicted octanol–water partition coefficient (Wildman–Crippen LogP) is 3.37. The van der Waals surface area contributed by atoms with Gasteiger partial charge in [0.1, 0.15) is 0 Å². The third kappa shape index (κ3) is 2.75. The van der Waals surface area contributed by atoms with E-state index in [1.54, 1.807) is 9.80 Å². The van der Waals surface area contributed by atoms with E-state index >= 15 is 0 Å². The molecular formula is C18H17BrN2O3S. The molecule has 2 aromatic carbocycles. The summed E-state index contributed by atoms with van der Waals surface area (Å²) in [4.78, 5) is 16.5.